The second kappa shape index (κ2) is 4.57. The van der Waals surface area contributed by atoms with Crippen molar-refractivity contribution in [3.63, 3.8) is 0 Å². The maximum atomic E-state index is 12.3. The number of carbonyl (C=O) groups is 1. The number of carbonyl (C=O) groups excluding carboxylic acids is 1. The van der Waals surface area contributed by atoms with Gasteiger partial charge in [0.1, 0.15) is 11.9 Å². The Balaban J connectivity index is 2.32. The number of hydrogen-bond acceptors (Lipinski definition) is 3. The first-order valence-corrected chi connectivity index (χ1v) is 5.06. The highest BCUT2D eigenvalue weighted by Crippen LogP contribution is 2.33. The summed E-state index contributed by atoms with van der Waals surface area (Å²) in [5.74, 6) is 0.0731. The standard InChI is InChI=1S/C11H11F2NO3/c1-6-3-2-4-7(9(6)17-10(12)13)8-5-14-11(15)16-8/h2-4,8,10H,5H2,1H3,(H,14,15). The van der Waals surface area contributed by atoms with Crippen LogP contribution in [0.5, 0.6) is 5.75 Å². The van der Waals surface area contributed by atoms with Gasteiger partial charge in [0.05, 0.1) is 6.54 Å². The number of halogens is 2. The van der Waals surface area contributed by atoms with Crippen LogP contribution in [-0.4, -0.2) is 19.2 Å². The predicted molar refractivity (Wildman–Crippen MR) is 55.0 cm³/mol. The average Bonchev–Trinajstić information content (AvgIpc) is 2.67. The van der Waals surface area contributed by atoms with Gasteiger partial charge in [0, 0.05) is 5.56 Å². The summed E-state index contributed by atoms with van der Waals surface area (Å²) in [6, 6.07) is 4.97. The molecule has 92 valence electrons. The Morgan fingerprint density at radius 1 is 1.53 bits per heavy atom. The molecule has 1 atom stereocenters. The fourth-order valence-corrected chi connectivity index (χ4v) is 1.74. The Bertz CT molecular complexity index is 437. The highest BCUT2D eigenvalue weighted by atomic mass is 19.3. The third kappa shape index (κ3) is 2.46. The van der Waals surface area contributed by atoms with Crippen LogP contribution in [0.3, 0.4) is 0 Å². The number of nitrogens with one attached hydrogen (secondary N) is 1. The van der Waals surface area contributed by atoms with Crippen LogP contribution in [0.4, 0.5) is 13.6 Å². The lowest BCUT2D eigenvalue weighted by Gasteiger charge is -2.16. The molecule has 0 saturated carbocycles. The minimum Gasteiger partial charge on any atom is -0.439 e. The second-order valence-electron chi connectivity index (χ2n) is 3.65. The van der Waals surface area contributed by atoms with Gasteiger partial charge in [-0.3, -0.25) is 0 Å². The summed E-state index contributed by atoms with van der Waals surface area (Å²) in [5.41, 5.74) is 1.02. The van der Waals surface area contributed by atoms with Crippen molar-refractivity contribution in [3.05, 3.63) is 29.3 Å². The molecular formula is C11H11F2NO3. The van der Waals surface area contributed by atoms with Crippen molar-refractivity contribution in [2.45, 2.75) is 19.6 Å². The van der Waals surface area contributed by atoms with E-state index in [9.17, 15) is 13.6 Å². The molecular weight excluding hydrogens is 232 g/mol. The van der Waals surface area contributed by atoms with Gasteiger partial charge < -0.3 is 14.8 Å². The Kier molecular flexibility index (Phi) is 3.12. The van der Waals surface area contributed by atoms with Gasteiger partial charge in [-0.05, 0) is 12.5 Å². The van der Waals surface area contributed by atoms with Crippen LogP contribution in [-0.2, 0) is 4.74 Å². The van der Waals surface area contributed by atoms with Crippen LogP contribution >= 0.6 is 0 Å². The molecule has 0 radical (unpaired) electrons. The van der Waals surface area contributed by atoms with Crippen molar-refractivity contribution in [1.29, 1.82) is 0 Å². The van der Waals surface area contributed by atoms with E-state index in [-0.39, 0.29) is 12.3 Å². The van der Waals surface area contributed by atoms with Crippen LogP contribution in [0.25, 0.3) is 0 Å². The number of benzene rings is 1. The van der Waals surface area contributed by atoms with E-state index in [1.807, 2.05) is 0 Å². The summed E-state index contributed by atoms with van der Waals surface area (Å²) in [6.07, 6.45) is -1.14. The highest BCUT2D eigenvalue weighted by Gasteiger charge is 2.28. The zero-order chi connectivity index (χ0) is 12.4. The lowest BCUT2D eigenvalue weighted by Crippen LogP contribution is -2.13. The molecule has 1 fully saturated rings. The van der Waals surface area contributed by atoms with Crippen molar-refractivity contribution in [2.24, 2.45) is 0 Å². The zero-order valence-corrected chi connectivity index (χ0v) is 9.07. The third-order valence-electron chi connectivity index (χ3n) is 2.48. The summed E-state index contributed by atoms with van der Waals surface area (Å²) < 4.78 is 34.0. The Morgan fingerprint density at radius 2 is 2.29 bits per heavy atom. The fraction of sp³-hybridized carbons (Fsp3) is 0.364. The van der Waals surface area contributed by atoms with Crippen molar-refractivity contribution >= 4 is 6.09 Å². The molecule has 1 saturated heterocycles. The molecule has 1 unspecified atom stereocenters. The predicted octanol–water partition coefficient (Wildman–Crippen LogP) is 2.38. The van der Waals surface area contributed by atoms with Crippen LogP contribution in [0.2, 0.25) is 0 Å². The summed E-state index contributed by atoms with van der Waals surface area (Å²) in [5, 5.41) is 2.46. The van der Waals surface area contributed by atoms with Gasteiger partial charge in [0.15, 0.2) is 0 Å². The number of rotatable bonds is 3. The maximum absolute atomic E-state index is 12.3. The third-order valence-corrected chi connectivity index (χ3v) is 2.48. The van der Waals surface area contributed by atoms with Crippen molar-refractivity contribution in [3.8, 4) is 5.75 Å². The molecule has 6 heteroatoms. The molecule has 4 nitrogen and oxygen atoms in total. The molecule has 1 aliphatic rings. The van der Waals surface area contributed by atoms with Crippen LogP contribution < -0.4 is 10.1 Å². The Hall–Kier alpha value is -1.85. The molecule has 17 heavy (non-hydrogen) atoms. The van der Waals surface area contributed by atoms with E-state index < -0.39 is 18.8 Å². The first kappa shape index (κ1) is 11.6. The van der Waals surface area contributed by atoms with E-state index in [0.717, 1.165) is 0 Å². The zero-order valence-electron chi connectivity index (χ0n) is 9.07. The molecule has 1 heterocycles. The molecule has 1 aliphatic heterocycles. The van der Waals surface area contributed by atoms with E-state index in [0.29, 0.717) is 11.1 Å². The summed E-state index contributed by atoms with van der Waals surface area (Å²) in [6.45, 7) is -0.993. The smallest absolute Gasteiger partial charge is 0.407 e. The molecule has 2 rings (SSSR count). The number of alkyl halides is 2. The molecule has 0 spiro atoms. The van der Waals surface area contributed by atoms with Gasteiger partial charge in [-0.25, -0.2) is 4.79 Å². The molecule has 1 amide bonds. The van der Waals surface area contributed by atoms with E-state index in [2.05, 4.69) is 10.1 Å². The Morgan fingerprint density at radius 3 is 2.88 bits per heavy atom. The van der Waals surface area contributed by atoms with Gasteiger partial charge in [-0.1, -0.05) is 18.2 Å². The molecule has 1 aromatic rings. The SMILES string of the molecule is Cc1cccc(C2CNC(=O)O2)c1OC(F)F. The van der Waals surface area contributed by atoms with Crippen LogP contribution in [0.1, 0.15) is 17.2 Å². The summed E-state index contributed by atoms with van der Waals surface area (Å²) in [4.78, 5) is 10.9. The normalized spacial score (nSPS) is 19.1. The van der Waals surface area contributed by atoms with Gasteiger partial charge >= 0.3 is 12.7 Å². The molecule has 0 aliphatic carbocycles. The van der Waals surface area contributed by atoms with E-state index in [1.54, 1.807) is 25.1 Å². The number of amides is 1. The largest absolute Gasteiger partial charge is 0.439 e. The summed E-state index contributed by atoms with van der Waals surface area (Å²) in [7, 11) is 0. The van der Waals surface area contributed by atoms with Gasteiger partial charge in [-0.15, -0.1) is 0 Å². The number of ether oxygens (including phenoxy) is 2. The first-order chi connectivity index (χ1) is 8.08. The lowest BCUT2D eigenvalue weighted by molar-refractivity contribution is -0.0517. The number of hydrogen-bond donors (Lipinski definition) is 1. The van der Waals surface area contributed by atoms with Crippen molar-refractivity contribution in [1.82, 2.24) is 5.32 Å². The number of cyclic esters (lactones) is 1. The van der Waals surface area contributed by atoms with Gasteiger partial charge in [0.2, 0.25) is 0 Å². The highest BCUT2D eigenvalue weighted by molar-refractivity contribution is 5.70. The molecule has 1 N–H and O–H groups in total. The second-order valence-corrected chi connectivity index (χ2v) is 3.65. The van der Waals surface area contributed by atoms with Crippen LogP contribution in [0, 0.1) is 6.92 Å². The van der Waals surface area contributed by atoms with Gasteiger partial charge in [-0.2, -0.15) is 8.78 Å². The van der Waals surface area contributed by atoms with Gasteiger partial charge in [0.25, 0.3) is 0 Å². The minimum atomic E-state index is -2.90. The van der Waals surface area contributed by atoms with Crippen molar-refractivity contribution < 1.29 is 23.0 Å². The average molecular weight is 243 g/mol. The molecule has 1 aromatic carbocycles. The monoisotopic (exact) mass is 243 g/mol. The number of alkyl carbamates (subject to hydrolysis) is 1. The van der Waals surface area contributed by atoms with Crippen LogP contribution in [0.15, 0.2) is 18.2 Å². The number of aryl methyl sites for hydroxylation is 1. The Labute approximate surface area is 96.5 Å². The van der Waals surface area contributed by atoms with E-state index in [4.69, 9.17) is 4.74 Å². The maximum Gasteiger partial charge on any atom is 0.407 e. The first-order valence-electron chi connectivity index (χ1n) is 5.06. The van der Waals surface area contributed by atoms with Crippen molar-refractivity contribution in [2.75, 3.05) is 6.54 Å². The molecule has 0 aromatic heterocycles. The fourth-order valence-electron chi connectivity index (χ4n) is 1.74. The molecule has 0 bridgehead atoms. The summed E-state index contributed by atoms with van der Waals surface area (Å²) >= 11 is 0. The quantitative estimate of drug-likeness (QED) is 0.886. The topological polar surface area (TPSA) is 47.6 Å². The van der Waals surface area contributed by atoms with E-state index in [1.165, 1.54) is 0 Å². The number of para-hydroxylation sites is 1. The minimum absolute atomic E-state index is 0.0731. The lowest BCUT2D eigenvalue weighted by atomic mass is 10.0. The van der Waals surface area contributed by atoms with E-state index >= 15 is 0 Å².